The largest absolute Gasteiger partial charge is 0.300 e. The van der Waals surface area contributed by atoms with Crippen LogP contribution in [0.2, 0.25) is 0 Å². The summed E-state index contributed by atoms with van der Waals surface area (Å²) in [5.41, 5.74) is 0. The average Bonchev–Trinajstić information content (AvgIpc) is 2.26. The van der Waals surface area contributed by atoms with Crippen LogP contribution in [0.1, 0.15) is 33.1 Å². The fourth-order valence-corrected chi connectivity index (χ4v) is 3.21. The molecule has 5 nitrogen and oxygen atoms in total. The van der Waals surface area contributed by atoms with Crippen LogP contribution in [-0.2, 0) is 15.0 Å². The molecule has 1 fully saturated rings. The third kappa shape index (κ3) is 3.54. The maximum absolute atomic E-state index is 11.8. The van der Waals surface area contributed by atoms with Crippen molar-refractivity contribution in [2.45, 2.75) is 33.1 Å². The molecule has 0 bridgehead atoms. The lowest BCUT2D eigenvalue weighted by Crippen LogP contribution is -2.47. The van der Waals surface area contributed by atoms with E-state index < -0.39 is 10.2 Å². The predicted molar refractivity (Wildman–Crippen MR) is 62.2 cm³/mol. The lowest BCUT2D eigenvalue weighted by Gasteiger charge is -2.30. The van der Waals surface area contributed by atoms with E-state index >= 15 is 0 Å². The first-order valence-electron chi connectivity index (χ1n) is 5.72. The molecule has 1 N–H and O–H groups in total. The molecule has 0 aromatic heterocycles. The van der Waals surface area contributed by atoms with E-state index in [1.165, 1.54) is 11.2 Å². The van der Waals surface area contributed by atoms with E-state index in [2.05, 4.69) is 4.72 Å². The number of nitrogens with one attached hydrogen (secondary N) is 1. The highest BCUT2D eigenvalue weighted by Gasteiger charge is 2.30. The third-order valence-electron chi connectivity index (χ3n) is 2.83. The summed E-state index contributed by atoms with van der Waals surface area (Å²) < 4.78 is 27.5. The van der Waals surface area contributed by atoms with Gasteiger partial charge in [0.25, 0.3) is 10.2 Å². The van der Waals surface area contributed by atoms with Crippen LogP contribution >= 0.6 is 0 Å². The van der Waals surface area contributed by atoms with Gasteiger partial charge in [-0.15, -0.1) is 0 Å². The van der Waals surface area contributed by atoms with Gasteiger partial charge in [0.05, 0.1) is 0 Å². The Hall–Kier alpha value is -0.460. The quantitative estimate of drug-likeness (QED) is 0.772. The maximum atomic E-state index is 11.8. The van der Waals surface area contributed by atoms with Crippen LogP contribution < -0.4 is 4.72 Å². The molecule has 1 unspecified atom stereocenters. The summed E-state index contributed by atoms with van der Waals surface area (Å²) >= 11 is 0. The van der Waals surface area contributed by atoms with Gasteiger partial charge in [0.1, 0.15) is 5.78 Å². The van der Waals surface area contributed by atoms with Crippen LogP contribution in [-0.4, -0.2) is 38.1 Å². The highest BCUT2D eigenvalue weighted by Crippen LogP contribution is 2.19. The van der Waals surface area contributed by atoms with E-state index in [9.17, 15) is 13.2 Å². The Bertz CT molecular complexity index is 340. The van der Waals surface area contributed by atoms with Crippen LogP contribution in [0, 0.1) is 5.92 Å². The number of Topliss-reactive ketones (excluding diaryl/α,β-unsaturated/α-hetero) is 1. The number of nitrogens with zero attached hydrogens (tertiary/aromatic N) is 1. The molecule has 6 heteroatoms. The molecule has 1 rings (SSSR count). The molecule has 0 aromatic rings. The van der Waals surface area contributed by atoms with Gasteiger partial charge in [-0.1, -0.05) is 6.92 Å². The third-order valence-corrected chi connectivity index (χ3v) is 4.41. The zero-order valence-corrected chi connectivity index (χ0v) is 10.7. The highest BCUT2D eigenvalue weighted by molar-refractivity contribution is 7.87. The summed E-state index contributed by atoms with van der Waals surface area (Å²) in [4.78, 5) is 11.2. The van der Waals surface area contributed by atoms with Gasteiger partial charge in [0.15, 0.2) is 0 Å². The Kier molecular flexibility index (Phi) is 4.89. The summed E-state index contributed by atoms with van der Waals surface area (Å²) in [6.07, 6.45) is 2.33. The van der Waals surface area contributed by atoms with Crippen molar-refractivity contribution in [1.29, 1.82) is 0 Å². The van der Waals surface area contributed by atoms with Crippen molar-refractivity contribution in [2.75, 3.05) is 19.6 Å². The molecule has 0 radical (unpaired) electrons. The fraction of sp³-hybridized carbons (Fsp3) is 0.900. The second kappa shape index (κ2) is 5.75. The van der Waals surface area contributed by atoms with Crippen molar-refractivity contribution >= 4 is 16.0 Å². The molecule has 0 amide bonds. The molecule has 1 aliphatic heterocycles. The van der Waals surface area contributed by atoms with Gasteiger partial charge < -0.3 is 0 Å². The number of carbonyl (C=O) groups excluding carboxylic acids is 1. The standard InChI is InChI=1S/C10H20N2O3S/c1-3-6-11-16(14,15)12-7-4-5-10(8-12)9(2)13/h10-11H,3-8H2,1-2H3. The SMILES string of the molecule is CCCNS(=O)(=O)N1CCCC(C(C)=O)C1. The zero-order valence-electron chi connectivity index (χ0n) is 9.90. The molecule has 16 heavy (non-hydrogen) atoms. The minimum atomic E-state index is -3.38. The van der Waals surface area contributed by atoms with Gasteiger partial charge in [-0.3, -0.25) is 4.79 Å². The number of hydrogen-bond donors (Lipinski definition) is 1. The second-order valence-electron chi connectivity index (χ2n) is 4.21. The predicted octanol–water partition coefficient (Wildman–Crippen LogP) is 0.532. The number of piperidine rings is 1. The topological polar surface area (TPSA) is 66.5 Å². The molecular formula is C10H20N2O3S. The summed E-state index contributed by atoms with van der Waals surface area (Å²) in [7, 11) is -3.38. The van der Waals surface area contributed by atoms with Crippen LogP contribution in [0.5, 0.6) is 0 Å². The van der Waals surface area contributed by atoms with E-state index in [4.69, 9.17) is 0 Å². The summed E-state index contributed by atoms with van der Waals surface area (Å²) in [6.45, 7) is 4.73. The molecule has 0 saturated carbocycles. The van der Waals surface area contributed by atoms with E-state index in [1.807, 2.05) is 6.92 Å². The molecule has 1 aliphatic rings. The second-order valence-corrected chi connectivity index (χ2v) is 5.96. The number of rotatable bonds is 5. The molecule has 1 heterocycles. The first-order valence-corrected chi connectivity index (χ1v) is 7.16. The first-order chi connectivity index (χ1) is 7.47. The van der Waals surface area contributed by atoms with Crippen LogP contribution in [0.4, 0.5) is 0 Å². The van der Waals surface area contributed by atoms with E-state index in [-0.39, 0.29) is 11.7 Å². The Morgan fingerprint density at radius 3 is 2.75 bits per heavy atom. The van der Waals surface area contributed by atoms with Gasteiger partial charge in [-0.05, 0) is 26.2 Å². The van der Waals surface area contributed by atoms with Gasteiger partial charge in [-0.25, -0.2) is 4.72 Å². The van der Waals surface area contributed by atoms with E-state index in [0.29, 0.717) is 19.6 Å². The lowest BCUT2D eigenvalue weighted by molar-refractivity contribution is -0.121. The van der Waals surface area contributed by atoms with E-state index in [0.717, 1.165) is 19.3 Å². The van der Waals surface area contributed by atoms with Crippen molar-refractivity contribution < 1.29 is 13.2 Å². The number of hydrogen-bond acceptors (Lipinski definition) is 3. The molecule has 0 aromatic carbocycles. The summed E-state index contributed by atoms with van der Waals surface area (Å²) in [6, 6.07) is 0. The Labute approximate surface area is 97.4 Å². The average molecular weight is 248 g/mol. The minimum Gasteiger partial charge on any atom is -0.300 e. The number of ketones is 1. The highest BCUT2D eigenvalue weighted by atomic mass is 32.2. The van der Waals surface area contributed by atoms with Gasteiger partial charge >= 0.3 is 0 Å². The van der Waals surface area contributed by atoms with Crippen molar-refractivity contribution in [3.63, 3.8) is 0 Å². The van der Waals surface area contributed by atoms with Crippen molar-refractivity contribution in [3.05, 3.63) is 0 Å². The first kappa shape index (κ1) is 13.6. The monoisotopic (exact) mass is 248 g/mol. The smallest absolute Gasteiger partial charge is 0.279 e. The Morgan fingerprint density at radius 2 is 2.19 bits per heavy atom. The zero-order chi connectivity index (χ0) is 12.2. The fourth-order valence-electron chi connectivity index (χ4n) is 1.81. The maximum Gasteiger partial charge on any atom is 0.279 e. The van der Waals surface area contributed by atoms with Crippen LogP contribution in [0.25, 0.3) is 0 Å². The Morgan fingerprint density at radius 1 is 1.50 bits per heavy atom. The summed E-state index contributed by atoms with van der Waals surface area (Å²) in [5.74, 6) is -0.0534. The minimum absolute atomic E-state index is 0.0791. The van der Waals surface area contributed by atoms with Crippen LogP contribution in [0.15, 0.2) is 0 Å². The molecule has 94 valence electrons. The molecule has 1 atom stereocenters. The van der Waals surface area contributed by atoms with Gasteiger partial charge in [0.2, 0.25) is 0 Å². The number of carbonyl (C=O) groups is 1. The normalized spacial score (nSPS) is 23.2. The van der Waals surface area contributed by atoms with Crippen LogP contribution in [0.3, 0.4) is 0 Å². The van der Waals surface area contributed by atoms with Crippen molar-refractivity contribution in [1.82, 2.24) is 9.03 Å². The van der Waals surface area contributed by atoms with Gasteiger partial charge in [0, 0.05) is 25.6 Å². The molecule has 1 saturated heterocycles. The molecular weight excluding hydrogens is 228 g/mol. The lowest BCUT2D eigenvalue weighted by atomic mass is 9.96. The van der Waals surface area contributed by atoms with E-state index in [1.54, 1.807) is 0 Å². The summed E-state index contributed by atoms with van der Waals surface area (Å²) in [5, 5.41) is 0. The van der Waals surface area contributed by atoms with Crippen molar-refractivity contribution in [3.8, 4) is 0 Å². The molecule has 0 aliphatic carbocycles. The Balaban J connectivity index is 2.62. The molecule has 0 spiro atoms. The van der Waals surface area contributed by atoms with Gasteiger partial charge in [-0.2, -0.15) is 12.7 Å². The van der Waals surface area contributed by atoms with Crippen molar-refractivity contribution in [2.24, 2.45) is 5.92 Å².